The first-order chi connectivity index (χ1) is 11.7. The van der Waals surface area contributed by atoms with Gasteiger partial charge in [0.15, 0.2) is 0 Å². The van der Waals surface area contributed by atoms with Crippen molar-refractivity contribution in [1.82, 2.24) is 0 Å². The first kappa shape index (κ1) is 16.4. The molecule has 25 heavy (non-hydrogen) atoms. The third-order valence-corrected chi connectivity index (χ3v) is 5.86. The largest absolute Gasteiger partial charge is 0.416 e. The second-order valence-electron chi connectivity index (χ2n) is 7.36. The molecule has 1 aliphatic heterocycles. The molecule has 0 spiro atoms. The van der Waals surface area contributed by atoms with Crippen molar-refractivity contribution in [2.75, 3.05) is 4.90 Å². The molecule has 0 radical (unpaired) electrons. The van der Waals surface area contributed by atoms with Gasteiger partial charge >= 0.3 is 6.18 Å². The molecule has 1 aromatic carbocycles. The molecule has 3 aliphatic rings. The summed E-state index contributed by atoms with van der Waals surface area (Å²) in [7, 11) is 0. The smallest absolute Gasteiger partial charge is 0.274 e. The monoisotopic (exact) mass is 349 g/mol. The molecule has 0 unspecified atom stereocenters. The molecular formula is C19H18F3NO2. The minimum absolute atomic E-state index is 0.0253. The lowest BCUT2D eigenvalue weighted by Crippen LogP contribution is -2.33. The van der Waals surface area contributed by atoms with Crippen LogP contribution in [0.2, 0.25) is 0 Å². The molecule has 4 rings (SSSR count). The molecule has 6 heteroatoms. The molecule has 2 bridgehead atoms. The van der Waals surface area contributed by atoms with E-state index in [-0.39, 0.29) is 29.3 Å². The summed E-state index contributed by atoms with van der Waals surface area (Å²) in [5, 5.41) is 0. The van der Waals surface area contributed by atoms with E-state index in [1.54, 1.807) is 0 Å². The second-order valence-corrected chi connectivity index (χ2v) is 7.36. The summed E-state index contributed by atoms with van der Waals surface area (Å²) in [5.41, 5.74) is 1.56. The van der Waals surface area contributed by atoms with Gasteiger partial charge in [0.05, 0.1) is 23.1 Å². The van der Waals surface area contributed by atoms with Crippen molar-refractivity contribution >= 4 is 17.5 Å². The van der Waals surface area contributed by atoms with Crippen LogP contribution in [-0.4, -0.2) is 11.8 Å². The van der Waals surface area contributed by atoms with Crippen LogP contribution in [0.3, 0.4) is 0 Å². The Balaban J connectivity index is 1.74. The number of carbonyl (C=O) groups excluding carboxylic acids is 2. The minimum atomic E-state index is -4.51. The van der Waals surface area contributed by atoms with Crippen LogP contribution in [0, 0.1) is 23.7 Å². The van der Waals surface area contributed by atoms with Gasteiger partial charge in [0.1, 0.15) is 0 Å². The number of hydrogen-bond acceptors (Lipinski definition) is 2. The normalized spacial score (nSPS) is 31.1. The Morgan fingerprint density at radius 1 is 1.04 bits per heavy atom. The first-order valence-electron chi connectivity index (χ1n) is 8.44. The van der Waals surface area contributed by atoms with E-state index in [9.17, 15) is 22.8 Å². The van der Waals surface area contributed by atoms with Gasteiger partial charge in [-0.1, -0.05) is 17.2 Å². The van der Waals surface area contributed by atoms with Gasteiger partial charge in [-0.3, -0.25) is 14.5 Å². The van der Waals surface area contributed by atoms with Gasteiger partial charge in [0.2, 0.25) is 11.8 Å². The second kappa shape index (κ2) is 5.19. The molecule has 1 heterocycles. The average molecular weight is 349 g/mol. The number of benzene rings is 1. The number of alkyl halides is 3. The summed E-state index contributed by atoms with van der Waals surface area (Å²) in [6, 6.07) is 4.47. The third-order valence-electron chi connectivity index (χ3n) is 5.86. The predicted molar refractivity (Wildman–Crippen MR) is 85.5 cm³/mol. The van der Waals surface area contributed by atoms with Crippen LogP contribution in [0.4, 0.5) is 18.9 Å². The highest BCUT2D eigenvalue weighted by molar-refractivity contribution is 6.23. The summed E-state index contributed by atoms with van der Waals surface area (Å²) >= 11 is 0. The number of halogens is 3. The Bertz CT molecular complexity index is 775. The van der Waals surface area contributed by atoms with Gasteiger partial charge < -0.3 is 0 Å². The highest BCUT2D eigenvalue weighted by Crippen LogP contribution is 2.60. The maximum atomic E-state index is 13.0. The number of hydrogen-bond donors (Lipinski definition) is 0. The molecule has 2 saturated carbocycles. The highest BCUT2D eigenvalue weighted by atomic mass is 19.4. The van der Waals surface area contributed by atoms with Crippen molar-refractivity contribution in [2.24, 2.45) is 23.7 Å². The van der Waals surface area contributed by atoms with Gasteiger partial charge in [-0.2, -0.15) is 13.2 Å². The zero-order valence-electron chi connectivity index (χ0n) is 13.9. The number of rotatable bonds is 1. The Morgan fingerprint density at radius 3 is 2.08 bits per heavy atom. The number of anilines is 1. The quantitative estimate of drug-likeness (QED) is 0.563. The number of allylic oxidation sites excluding steroid dienone is 2. The minimum Gasteiger partial charge on any atom is -0.274 e. The van der Waals surface area contributed by atoms with Gasteiger partial charge in [-0.15, -0.1) is 0 Å². The molecule has 3 nitrogen and oxygen atoms in total. The first-order valence-corrected chi connectivity index (χ1v) is 8.44. The molecule has 0 N–H and O–H groups in total. The van der Waals surface area contributed by atoms with E-state index in [0.29, 0.717) is 0 Å². The third kappa shape index (κ3) is 2.19. The predicted octanol–water partition coefficient (Wildman–Crippen LogP) is 4.19. The molecule has 2 aliphatic carbocycles. The Morgan fingerprint density at radius 2 is 1.60 bits per heavy atom. The van der Waals surface area contributed by atoms with E-state index in [1.807, 2.05) is 13.8 Å². The molecule has 2 amide bonds. The van der Waals surface area contributed by atoms with Crippen LogP contribution in [0.1, 0.15) is 32.3 Å². The van der Waals surface area contributed by atoms with Gasteiger partial charge in [-0.05, 0) is 56.7 Å². The highest BCUT2D eigenvalue weighted by Gasteiger charge is 2.63. The van der Waals surface area contributed by atoms with E-state index in [1.165, 1.54) is 17.7 Å². The average Bonchev–Trinajstić information content (AvgIpc) is 3.17. The van der Waals surface area contributed by atoms with Gasteiger partial charge in [-0.25, -0.2) is 0 Å². The van der Waals surface area contributed by atoms with Crippen molar-refractivity contribution in [3.8, 4) is 0 Å². The summed E-state index contributed by atoms with van der Waals surface area (Å²) < 4.78 is 38.9. The van der Waals surface area contributed by atoms with Crippen molar-refractivity contribution in [3.05, 3.63) is 41.0 Å². The van der Waals surface area contributed by atoms with Crippen molar-refractivity contribution in [3.63, 3.8) is 0 Å². The van der Waals surface area contributed by atoms with E-state index >= 15 is 0 Å². The van der Waals surface area contributed by atoms with Crippen LogP contribution < -0.4 is 4.90 Å². The van der Waals surface area contributed by atoms with Gasteiger partial charge in [0.25, 0.3) is 0 Å². The standard InChI is InChI=1S/C19H18F3NO2/c1-9(2)14-12-6-7-13(14)16-15(12)17(24)23(18(16)25)11-5-3-4-10(8-11)19(20,21)22/h3-5,8,12-13,15-16H,6-7H2,1-2H3/t12-,13-,15-,16+/m1/s1. The number of carbonyl (C=O) groups is 2. The van der Waals surface area contributed by atoms with E-state index in [2.05, 4.69) is 0 Å². The topological polar surface area (TPSA) is 37.4 Å². The molecule has 4 atom stereocenters. The van der Waals surface area contributed by atoms with Gasteiger partial charge in [0, 0.05) is 0 Å². The molecule has 132 valence electrons. The number of amides is 2. The molecule has 1 aromatic rings. The zero-order valence-corrected chi connectivity index (χ0v) is 13.9. The van der Waals surface area contributed by atoms with E-state index in [4.69, 9.17) is 0 Å². The lowest BCUT2D eigenvalue weighted by atomic mass is 9.81. The summed E-state index contributed by atoms with van der Waals surface area (Å²) in [5.74, 6) is -1.39. The lowest BCUT2D eigenvalue weighted by molar-refractivity contribution is -0.137. The fourth-order valence-electron chi connectivity index (χ4n) is 5.07. The fourth-order valence-corrected chi connectivity index (χ4v) is 5.07. The van der Waals surface area contributed by atoms with Crippen molar-refractivity contribution in [2.45, 2.75) is 32.9 Å². The molecule has 3 fully saturated rings. The van der Waals surface area contributed by atoms with Crippen LogP contribution in [0.25, 0.3) is 0 Å². The molecular weight excluding hydrogens is 331 g/mol. The van der Waals surface area contributed by atoms with E-state index < -0.39 is 23.6 Å². The Labute approximate surface area is 143 Å². The van der Waals surface area contributed by atoms with Crippen molar-refractivity contribution < 1.29 is 22.8 Å². The number of nitrogens with zero attached hydrogens (tertiary/aromatic N) is 1. The van der Waals surface area contributed by atoms with E-state index in [0.717, 1.165) is 35.4 Å². The Hall–Kier alpha value is -2.11. The maximum Gasteiger partial charge on any atom is 0.416 e. The fraction of sp³-hybridized carbons (Fsp3) is 0.474. The van der Waals surface area contributed by atoms with Crippen LogP contribution in [-0.2, 0) is 15.8 Å². The van der Waals surface area contributed by atoms with Crippen molar-refractivity contribution in [1.29, 1.82) is 0 Å². The molecule has 1 saturated heterocycles. The Kier molecular flexibility index (Phi) is 3.40. The SMILES string of the molecule is CC(C)=C1[C@H]2CC[C@H]1[C@H]1C(=O)N(c3cccc(C(F)(F)F)c3)C(=O)[C@H]12. The van der Waals surface area contributed by atoms with Crippen LogP contribution in [0.5, 0.6) is 0 Å². The number of imide groups is 1. The maximum absolute atomic E-state index is 13.0. The van der Waals surface area contributed by atoms with Crippen LogP contribution in [0.15, 0.2) is 35.4 Å². The summed E-state index contributed by atoms with van der Waals surface area (Å²) in [4.78, 5) is 26.8. The van der Waals surface area contributed by atoms with Crippen LogP contribution >= 0.6 is 0 Å². The summed E-state index contributed by atoms with van der Waals surface area (Å²) in [6.07, 6.45) is -2.75. The zero-order chi connectivity index (χ0) is 18.1. The molecule has 0 aromatic heterocycles. The number of fused-ring (bicyclic) bond motifs is 5. The lowest BCUT2D eigenvalue weighted by Gasteiger charge is -2.20. The summed E-state index contributed by atoms with van der Waals surface area (Å²) in [6.45, 7) is 4.00.